The number of amides is 1. The molecule has 1 saturated carbocycles. The van der Waals surface area contributed by atoms with E-state index in [0.29, 0.717) is 19.5 Å². The summed E-state index contributed by atoms with van der Waals surface area (Å²) < 4.78 is 12.6. The third kappa shape index (κ3) is 7.82. The van der Waals surface area contributed by atoms with Crippen molar-refractivity contribution in [1.29, 1.82) is 0 Å². The monoisotopic (exact) mass is 496 g/mol. The number of likely N-dealkylation sites (tertiary alicyclic amines) is 1. The summed E-state index contributed by atoms with van der Waals surface area (Å²) in [6, 6.07) is 9.10. The van der Waals surface area contributed by atoms with E-state index in [9.17, 15) is 9.59 Å². The molecule has 1 aliphatic heterocycles. The van der Waals surface area contributed by atoms with Gasteiger partial charge in [0.1, 0.15) is 12.6 Å². The van der Waals surface area contributed by atoms with Crippen molar-refractivity contribution in [1.82, 2.24) is 19.8 Å². The Morgan fingerprint density at radius 2 is 1.94 bits per heavy atom. The van der Waals surface area contributed by atoms with Gasteiger partial charge in [0.2, 0.25) is 0 Å². The second-order valence-electron chi connectivity index (χ2n) is 10.2. The maximum atomic E-state index is 12.6. The van der Waals surface area contributed by atoms with Gasteiger partial charge < -0.3 is 19.4 Å². The molecule has 0 spiro atoms. The van der Waals surface area contributed by atoms with Gasteiger partial charge in [-0.1, -0.05) is 62.4 Å². The van der Waals surface area contributed by atoms with Crippen LogP contribution >= 0.6 is 0 Å². The van der Waals surface area contributed by atoms with Crippen molar-refractivity contribution in [3.8, 4) is 0 Å². The molecule has 8 nitrogen and oxygen atoms in total. The van der Waals surface area contributed by atoms with Gasteiger partial charge in [-0.2, -0.15) is 0 Å². The van der Waals surface area contributed by atoms with Gasteiger partial charge in [-0.05, 0) is 30.7 Å². The van der Waals surface area contributed by atoms with E-state index in [4.69, 9.17) is 9.47 Å². The number of rotatable bonds is 11. The number of carbonyl (C=O) groups is 2. The fourth-order valence-electron chi connectivity index (χ4n) is 5.49. The van der Waals surface area contributed by atoms with E-state index in [1.54, 1.807) is 0 Å². The molecule has 196 valence electrons. The molecular weight excluding hydrogens is 456 g/mol. The number of aromatic nitrogens is 2. The molecule has 2 fully saturated rings. The maximum Gasteiger partial charge on any atom is 0.407 e. The Hall–Kier alpha value is -2.87. The lowest BCUT2D eigenvalue weighted by molar-refractivity contribution is -0.146. The number of ether oxygens (including phenoxy) is 2. The number of hydrogen-bond donors (Lipinski definition) is 1. The van der Waals surface area contributed by atoms with Crippen molar-refractivity contribution >= 4 is 12.1 Å². The first kappa shape index (κ1) is 26.2. The van der Waals surface area contributed by atoms with E-state index in [-0.39, 0.29) is 18.6 Å². The number of aryl methyl sites for hydroxylation is 1. The first-order valence-electron chi connectivity index (χ1n) is 13.4. The van der Waals surface area contributed by atoms with Gasteiger partial charge in [-0.25, -0.2) is 9.78 Å². The quantitative estimate of drug-likeness (QED) is 0.466. The smallest absolute Gasteiger partial charge is 0.407 e. The topological polar surface area (TPSA) is 85.7 Å². The Morgan fingerprint density at radius 1 is 1.14 bits per heavy atom. The van der Waals surface area contributed by atoms with Crippen LogP contribution in [0, 0.1) is 5.92 Å². The highest BCUT2D eigenvalue weighted by Crippen LogP contribution is 2.27. The number of benzene rings is 1. The molecule has 1 aromatic carbocycles. The van der Waals surface area contributed by atoms with Crippen molar-refractivity contribution < 1.29 is 19.1 Å². The highest BCUT2D eigenvalue weighted by Gasteiger charge is 2.34. The normalized spacial score (nSPS) is 19.6. The minimum Gasteiger partial charge on any atom is -0.468 e. The van der Waals surface area contributed by atoms with Crippen LogP contribution in [0.15, 0.2) is 42.9 Å². The van der Waals surface area contributed by atoms with Crippen LogP contribution in [0.4, 0.5) is 4.79 Å². The standard InChI is InChI=1S/C28H40N4O4/c1-35-27(33)26(17-25-18-31(21-29-25)15-8-13-22-9-4-2-5-10-22)32-16-14-24(19-32)30-28(34)36-20-23-11-6-3-7-12-23/h3,6-7,11-12,18,21-22,24,26H,2,4-5,8-10,13-17,19-20H2,1H3,(H,30,34). The molecule has 0 radical (unpaired) electrons. The maximum absolute atomic E-state index is 12.6. The summed E-state index contributed by atoms with van der Waals surface area (Å²) in [7, 11) is 1.42. The minimum absolute atomic E-state index is 0.0715. The lowest BCUT2D eigenvalue weighted by Gasteiger charge is -2.25. The molecule has 2 aliphatic rings. The van der Waals surface area contributed by atoms with Gasteiger partial charge in [-0.3, -0.25) is 9.69 Å². The Kier molecular flexibility index (Phi) is 9.78. The SMILES string of the molecule is COC(=O)C(Cc1cn(CCCC2CCCCC2)cn1)N1CCC(NC(=O)OCc2ccccc2)C1. The van der Waals surface area contributed by atoms with Gasteiger partial charge in [-0.15, -0.1) is 0 Å². The zero-order valence-electron chi connectivity index (χ0n) is 21.4. The molecule has 1 saturated heterocycles. The van der Waals surface area contributed by atoms with Crippen LogP contribution in [0.5, 0.6) is 0 Å². The Balaban J connectivity index is 1.23. The van der Waals surface area contributed by atoms with Crippen molar-refractivity contribution in [2.45, 2.75) is 83.0 Å². The van der Waals surface area contributed by atoms with Crippen molar-refractivity contribution in [2.24, 2.45) is 5.92 Å². The van der Waals surface area contributed by atoms with Crippen LogP contribution in [0.2, 0.25) is 0 Å². The van der Waals surface area contributed by atoms with Crippen LogP contribution < -0.4 is 5.32 Å². The summed E-state index contributed by atoms with van der Waals surface area (Å²) in [4.78, 5) is 31.5. The van der Waals surface area contributed by atoms with E-state index in [2.05, 4.69) is 26.0 Å². The van der Waals surface area contributed by atoms with E-state index < -0.39 is 12.1 Å². The van der Waals surface area contributed by atoms with Gasteiger partial charge in [0.15, 0.2) is 0 Å². The molecule has 2 heterocycles. The predicted molar refractivity (Wildman–Crippen MR) is 137 cm³/mol. The molecule has 1 N–H and O–H groups in total. The first-order chi connectivity index (χ1) is 17.6. The van der Waals surface area contributed by atoms with Crippen LogP contribution in [-0.4, -0.2) is 58.8 Å². The molecular formula is C28H40N4O4. The third-order valence-corrected chi connectivity index (χ3v) is 7.51. The highest BCUT2D eigenvalue weighted by atomic mass is 16.5. The minimum atomic E-state index is -0.438. The summed E-state index contributed by atoms with van der Waals surface area (Å²) in [5, 5.41) is 2.93. The molecule has 0 bridgehead atoms. The van der Waals surface area contributed by atoms with Gasteiger partial charge in [0.25, 0.3) is 0 Å². The first-order valence-corrected chi connectivity index (χ1v) is 13.4. The molecule has 1 aromatic heterocycles. The fourth-order valence-corrected chi connectivity index (χ4v) is 5.49. The second-order valence-corrected chi connectivity index (χ2v) is 10.2. The number of imidazole rings is 1. The molecule has 1 aliphatic carbocycles. The second kappa shape index (κ2) is 13.4. The van der Waals surface area contributed by atoms with Gasteiger partial charge >= 0.3 is 12.1 Å². The average Bonchev–Trinajstić information content (AvgIpc) is 3.56. The number of methoxy groups -OCH3 is 1. The molecule has 2 atom stereocenters. The van der Waals surface area contributed by atoms with Crippen LogP contribution in [0.25, 0.3) is 0 Å². The zero-order valence-corrected chi connectivity index (χ0v) is 21.4. The molecule has 36 heavy (non-hydrogen) atoms. The third-order valence-electron chi connectivity index (χ3n) is 7.51. The van der Waals surface area contributed by atoms with Crippen LogP contribution in [0.3, 0.4) is 0 Å². The Bertz CT molecular complexity index is 957. The number of carbonyl (C=O) groups excluding carboxylic acids is 2. The summed E-state index contributed by atoms with van der Waals surface area (Å²) >= 11 is 0. The summed E-state index contributed by atoms with van der Waals surface area (Å²) in [6.07, 6.45) is 14.1. The molecule has 2 aromatic rings. The molecule has 1 amide bonds. The average molecular weight is 497 g/mol. The number of esters is 1. The largest absolute Gasteiger partial charge is 0.468 e. The lowest BCUT2D eigenvalue weighted by atomic mass is 9.86. The van der Waals surface area contributed by atoms with Crippen molar-refractivity contribution in [3.63, 3.8) is 0 Å². The van der Waals surface area contributed by atoms with E-state index in [1.807, 2.05) is 36.7 Å². The van der Waals surface area contributed by atoms with E-state index >= 15 is 0 Å². The van der Waals surface area contributed by atoms with E-state index in [1.165, 1.54) is 52.1 Å². The van der Waals surface area contributed by atoms with Gasteiger partial charge in [0.05, 0.1) is 19.1 Å². The highest BCUT2D eigenvalue weighted by molar-refractivity contribution is 5.76. The fraction of sp³-hybridized carbons (Fsp3) is 0.607. The van der Waals surface area contributed by atoms with Crippen molar-refractivity contribution in [3.05, 3.63) is 54.1 Å². The predicted octanol–water partition coefficient (Wildman–Crippen LogP) is 4.33. The molecule has 4 rings (SSSR count). The molecule has 8 heteroatoms. The number of alkyl carbamates (subject to hydrolysis) is 1. The number of nitrogens with one attached hydrogen (secondary N) is 1. The molecule has 2 unspecified atom stereocenters. The van der Waals surface area contributed by atoms with Gasteiger partial charge in [0, 0.05) is 38.3 Å². The lowest BCUT2D eigenvalue weighted by Crippen LogP contribution is -2.44. The summed E-state index contributed by atoms with van der Waals surface area (Å²) in [6.45, 7) is 2.47. The van der Waals surface area contributed by atoms with Crippen LogP contribution in [-0.2, 0) is 33.8 Å². The number of hydrogen-bond acceptors (Lipinski definition) is 6. The number of nitrogens with zero attached hydrogens (tertiary/aromatic N) is 3. The van der Waals surface area contributed by atoms with Crippen LogP contribution in [0.1, 0.15) is 62.6 Å². The summed E-state index contributed by atoms with van der Waals surface area (Å²) in [5.74, 6) is 0.618. The van der Waals surface area contributed by atoms with Crippen molar-refractivity contribution in [2.75, 3.05) is 20.2 Å². The Morgan fingerprint density at radius 3 is 2.72 bits per heavy atom. The summed E-state index contributed by atoms with van der Waals surface area (Å²) in [5.41, 5.74) is 1.83. The van der Waals surface area contributed by atoms with E-state index in [0.717, 1.165) is 30.1 Å². The zero-order chi connectivity index (χ0) is 25.2. The Labute approximate surface area is 214 Å².